The maximum Gasteiger partial charge on any atom is 0.0540 e. The summed E-state index contributed by atoms with van der Waals surface area (Å²) >= 11 is 0. The molecule has 0 saturated heterocycles. The number of hydrogen-bond donors (Lipinski definition) is 0. The number of para-hydroxylation sites is 2. The molecule has 0 unspecified atom stereocenters. The number of rotatable bonds is 16. The molecule has 0 N–H and O–H groups in total. The number of anilines is 9. The Balaban J connectivity index is 0.000000114. The monoisotopic (exact) mass is 1720 g/mol. The molecule has 25 rings (SSSR count). The van der Waals surface area contributed by atoms with E-state index in [2.05, 4.69) is 567 Å². The van der Waals surface area contributed by atoms with E-state index in [0.29, 0.717) is 0 Å². The molecule has 135 heavy (non-hydrogen) atoms. The van der Waals surface area contributed by atoms with Gasteiger partial charge >= 0.3 is 0 Å². The summed E-state index contributed by atoms with van der Waals surface area (Å²) in [4.78, 5) is 7.11. The molecule has 0 radical (unpaired) electrons. The Morgan fingerprint density at radius 3 is 0.733 bits per heavy atom. The minimum atomic E-state index is 1.11. The number of hydrogen-bond acceptors (Lipinski definition) is 3. The zero-order chi connectivity index (χ0) is 89.8. The first kappa shape index (κ1) is 81.7. The molecule has 0 saturated carbocycles. The van der Waals surface area contributed by atoms with Crippen LogP contribution in [0.5, 0.6) is 0 Å². The molecule has 25 aromatic carbocycles. The molecule has 0 aromatic heterocycles. The van der Waals surface area contributed by atoms with Crippen molar-refractivity contribution in [1.29, 1.82) is 0 Å². The van der Waals surface area contributed by atoms with E-state index in [0.717, 1.165) is 51.2 Å². The standard InChI is InChI=1S/C48H33N.2C42H29N/c1-3-12-34(13-4-1)38-17-11-18-39(32-38)35-22-26-41(27-23-35)49(48-21-10-9-20-45(48)36-14-5-2-6-15-36)42-28-31-44-40(33-42)25-30-46-43-19-8-7-16-37(43)24-29-47(44)46;1-3-11-30(12-4-1)37-16-9-10-17-38(37)32-19-23-35(24-20-32)43(34-14-5-2-6-15-34)36-25-28-40-33(29-36)22-27-41-39-18-8-7-13-31(39)21-26-42(40)41;1-3-10-30(11-4-1)32-18-22-36(23-19-32)43(37-16-9-15-34(28-37)31-12-5-2-6-13-31)38-24-27-40-35(29-38)21-26-41-39-17-8-7-14-33(39)20-25-42(40)41/h1-33H;2*1-29H. The normalized spacial score (nSPS) is 11.3. The molecule has 0 aliphatic rings. The lowest BCUT2D eigenvalue weighted by molar-refractivity contribution is 1.29. The number of benzene rings is 25. The van der Waals surface area contributed by atoms with Gasteiger partial charge in [0.05, 0.1) is 5.69 Å². The van der Waals surface area contributed by atoms with Gasteiger partial charge in [0.15, 0.2) is 0 Å². The Kier molecular flexibility index (Phi) is 22.2. The maximum absolute atomic E-state index is 2.40. The van der Waals surface area contributed by atoms with Crippen molar-refractivity contribution >= 4 is 148 Å². The summed E-state index contributed by atoms with van der Waals surface area (Å²) in [6.45, 7) is 0. The molecule has 0 aliphatic carbocycles. The molecule has 0 atom stereocenters. The second-order valence-corrected chi connectivity index (χ2v) is 34.6. The molecule has 3 nitrogen and oxygen atoms in total. The fourth-order valence-corrected chi connectivity index (χ4v) is 19.9. The van der Waals surface area contributed by atoms with Crippen LogP contribution in [0.15, 0.2) is 552 Å². The van der Waals surface area contributed by atoms with Crippen molar-refractivity contribution in [2.24, 2.45) is 0 Å². The van der Waals surface area contributed by atoms with E-state index in [4.69, 9.17) is 0 Å². The van der Waals surface area contributed by atoms with E-state index < -0.39 is 0 Å². The van der Waals surface area contributed by atoms with Crippen molar-refractivity contribution in [1.82, 2.24) is 0 Å². The van der Waals surface area contributed by atoms with Crippen LogP contribution in [0, 0.1) is 0 Å². The number of nitrogens with zero attached hydrogens (tertiary/aromatic N) is 3. The lowest BCUT2D eigenvalue weighted by Crippen LogP contribution is -2.11. The summed E-state index contributed by atoms with van der Waals surface area (Å²) in [6, 6.07) is 199. The van der Waals surface area contributed by atoms with E-state index in [1.165, 1.54) is 175 Å². The average Bonchev–Trinajstić information content (AvgIpc) is 0.759. The Bertz CT molecular complexity index is 8630. The molecular weight excluding hydrogens is 1630 g/mol. The van der Waals surface area contributed by atoms with E-state index in [-0.39, 0.29) is 0 Å². The third-order valence-electron chi connectivity index (χ3n) is 26.5. The molecule has 0 fully saturated rings. The maximum atomic E-state index is 2.40. The van der Waals surface area contributed by atoms with Crippen LogP contribution in [0.3, 0.4) is 0 Å². The Hall–Kier alpha value is -17.8. The van der Waals surface area contributed by atoms with Crippen molar-refractivity contribution in [3.05, 3.63) is 552 Å². The SMILES string of the molecule is c1ccc(-c2ccc(N(c3cccc(-c4ccccc4)c3)c3ccc4c(ccc5c6ccccc6ccc45)c3)cc2)cc1.c1ccc(-c2cccc(-c3ccc(N(c4ccc5c(ccc6c7ccccc7ccc56)c4)c4ccccc4-c4ccccc4)cc3)c2)cc1.c1ccc(-c2ccccc2-c2ccc(N(c3ccccc3)c3ccc4c(ccc5c6ccccc6ccc45)c3)cc2)cc1. The molecule has 0 spiro atoms. The van der Waals surface area contributed by atoms with E-state index >= 15 is 0 Å². The van der Waals surface area contributed by atoms with E-state index in [9.17, 15) is 0 Å². The Labute approximate surface area is 787 Å². The highest BCUT2D eigenvalue weighted by Crippen LogP contribution is 2.48. The lowest BCUT2D eigenvalue weighted by Gasteiger charge is -2.28. The second kappa shape index (κ2) is 36.6. The van der Waals surface area contributed by atoms with Crippen LogP contribution >= 0.6 is 0 Å². The molecule has 634 valence electrons. The summed E-state index contributed by atoms with van der Waals surface area (Å²) in [5.41, 5.74) is 27.1. The molecular formula is C132H91N3. The first-order valence-corrected chi connectivity index (χ1v) is 46.4. The zero-order valence-corrected chi connectivity index (χ0v) is 74.4. The Morgan fingerprint density at radius 1 is 0.0963 bits per heavy atom. The molecule has 0 aliphatic heterocycles. The van der Waals surface area contributed by atoms with Gasteiger partial charge in [-0.3, -0.25) is 0 Å². The lowest BCUT2D eigenvalue weighted by atomic mass is 9.94. The van der Waals surface area contributed by atoms with E-state index in [1.54, 1.807) is 0 Å². The molecule has 3 heteroatoms. The predicted octanol–water partition coefficient (Wildman–Crippen LogP) is 37.5. The molecule has 0 bridgehead atoms. The first-order chi connectivity index (χ1) is 66.9. The van der Waals surface area contributed by atoms with Gasteiger partial charge in [0.1, 0.15) is 0 Å². The highest BCUT2D eigenvalue weighted by Gasteiger charge is 2.23. The topological polar surface area (TPSA) is 9.72 Å². The van der Waals surface area contributed by atoms with Crippen molar-refractivity contribution < 1.29 is 0 Å². The number of fused-ring (bicyclic) bond motifs is 15. The fourth-order valence-electron chi connectivity index (χ4n) is 19.9. The van der Waals surface area contributed by atoms with Crippen molar-refractivity contribution in [3.63, 3.8) is 0 Å². The van der Waals surface area contributed by atoms with E-state index in [1.807, 2.05) is 0 Å². The van der Waals surface area contributed by atoms with Gasteiger partial charge in [0, 0.05) is 51.1 Å². The quantitative estimate of drug-likeness (QED) is 0.0893. The minimum absolute atomic E-state index is 1.11. The van der Waals surface area contributed by atoms with Gasteiger partial charge in [-0.15, -0.1) is 0 Å². The minimum Gasteiger partial charge on any atom is -0.310 e. The largest absolute Gasteiger partial charge is 0.310 e. The van der Waals surface area contributed by atoms with Gasteiger partial charge in [0.2, 0.25) is 0 Å². The molecule has 0 amide bonds. The van der Waals surface area contributed by atoms with Crippen LogP contribution in [0.2, 0.25) is 0 Å². The molecule has 0 heterocycles. The smallest absolute Gasteiger partial charge is 0.0540 e. The predicted molar refractivity (Wildman–Crippen MR) is 579 cm³/mol. The van der Waals surface area contributed by atoms with Gasteiger partial charge in [-0.1, -0.05) is 443 Å². The summed E-state index contributed by atoms with van der Waals surface area (Å²) in [7, 11) is 0. The van der Waals surface area contributed by atoms with Crippen molar-refractivity contribution in [3.8, 4) is 77.9 Å². The highest BCUT2D eigenvalue weighted by atomic mass is 15.2. The first-order valence-electron chi connectivity index (χ1n) is 46.4. The summed E-state index contributed by atoms with van der Waals surface area (Å²) in [6.07, 6.45) is 0. The summed E-state index contributed by atoms with van der Waals surface area (Å²) < 4.78 is 0. The van der Waals surface area contributed by atoms with Gasteiger partial charge < -0.3 is 14.7 Å². The third-order valence-corrected chi connectivity index (χ3v) is 26.5. The van der Waals surface area contributed by atoms with Gasteiger partial charge in [-0.2, -0.15) is 0 Å². The van der Waals surface area contributed by atoms with Crippen LogP contribution < -0.4 is 14.7 Å². The summed E-state index contributed by atoms with van der Waals surface area (Å²) in [5.74, 6) is 0. The van der Waals surface area contributed by atoms with Crippen LogP contribution in [0.25, 0.3) is 175 Å². The zero-order valence-electron chi connectivity index (χ0n) is 74.4. The van der Waals surface area contributed by atoms with Crippen LogP contribution in [-0.4, -0.2) is 0 Å². The Morgan fingerprint density at radius 2 is 0.319 bits per heavy atom. The van der Waals surface area contributed by atoms with Crippen LogP contribution in [-0.2, 0) is 0 Å². The van der Waals surface area contributed by atoms with Gasteiger partial charge in [0.25, 0.3) is 0 Å². The van der Waals surface area contributed by atoms with Crippen molar-refractivity contribution in [2.75, 3.05) is 14.7 Å². The third kappa shape index (κ3) is 16.4. The highest BCUT2D eigenvalue weighted by molar-refractivity contribution is 6.21. The fraction of sp³-hybridized carbons (Fsp3) is 0. The van der Waals surface area contributed by atoms with Crippen molar-refractivity contribution in [2.45, 2.75) is 0 Å². The van der Waals surface area contributed by atoms with Crippen LogP contribution in [0.1, 0.15) is 0 Å². The van der Waals surface area contributed by atoms with Gasteiger partial charge in [-0.25, -0.2) is 0 Å². The summed E-state index contributed by atoms with van der Waals surface area (Å²) in [5, 5.41) is 22.9. The second-order valence-electron chi connectivity index (χ2n) is 34.6. The van der Waals surface area contributed by atoms with Gasteiger partial charge in [-0.05, 0) is 278 Å². The van der Waals surface area contributed by atoms with Crippen LogP contribution in [0.4, 0.5) is 51.2 Å². The molecule has 25 aromatic rings. The average molecular weight is 1720 g/mol.